The minimum Gasteiger partial charge on any atom is -0.277 e. The Kier molecular flexibility index (Phi) is 6.21. The summed E-state index contributed by atoms with van der Waals surface area (Å²) in [5.74, 6) is 2.50. The van der Waals surface area contributed by atoms with E-state index in [1.54, 1.807) is 12.3 Å². The second-order valence-corrected chi connectivity index (χ2v) is 9.46. The van der Waals surface area contributed by atoms with Crippen LogP contribution in [-0.4, -0.2) is 30.3 Å². The van der Waals surface area contributed by atoms with E-state index in [0.29, 0.717) is 0 Å². The van der Waals surface area contributed by atoms with Crippen LogP contribution in [0.1, 0.15) is 16.8 Å². The van der Waals surface area contributed by atoms with Crippen LogP contribution in [0.3, 0.4) is 0 Å². The molecule has 3 aromatic heterocycles. The van der Waals surface area contributed by atoms with Crippen molar-refractivity contribution in [3.8, 4) is 34.2 Å². The number of allylic oxidation sites excluding steroid dienone is 1. The summed E-state index contributed by atoms with van der Waals surface area (Å²) in [6, 6.07) is 28.8. The lowest BCUT2D eigenvalue weighted by Crippen LogP contribution is -2.02. The van der Waals surface area contributed by atoms with Crippen molar-refractivity contribution < 1.29 is 0 Å². The van der Waals surface area contributed by atoms with Crippen LogP contribution >= 0.6 is 0 Å². The first-order valence-corrected chi connectivity index (χ1v) is 12.9. The van der Waals surface area contributed by atoms with Crippen molar-refractivity contribution >= 4 is 23.2 Å². The smallest absolute Gasteiger partial charge is 0.164 e. The Bertz CT molecular complexity index is 1840. The molecule has 0 aliphatic rings. The number of hydrogen-bond donors (Lipinski definition) is 0. The highest BCUT2D eigenvalue weighted by Gasteiger charge is 2.22. The maximum Gasteiger partial charge on any atom is 0.164 e. The summed E-state index contributed by atoms with van der Waals surface area (Å²) in [5, 5.41) is 0. The van der Waals surface area contributed by atoms with Crippen LogP contribution in [0, 0.1) is 20.8 Å². The number of rotatable bonds is 6. The third-order valence-corrected chi connectivity index (χ3v) is 6.82. The molecule has 0 amide bonds. The van der Waals surface area contributed by atoms with Crippen molar-refractivity contribution in [3.05, 3.63) is 121 Å². The van der Waals surface area contributed by atoms with Gasteiger partial charge in [0.25, 0.3) is 0 Å². The van der Waals surface area contributed by atoms with Crippen molar-refractivity contribution in [2.45, 2.75) is 20.8 Å². The third kappa shape index (κ3) is 4.26. The lowest BCUT2D eigenvalue weighted by Gasteiger charge is -2.16. The van der Waals surface area contributed by atoms with Crippen molar-refractivity contribution in [3.63, 3.8) is 0 Å². The van der Waals surface area contributed by atoms with Gasteiger partial charge in [-0.25, -0.2) is 19.9 Å². The molecule has 3 heterocycles. The topological polar surface area (TPSA) is 60.9 Å². The highest BCUT2D eigenvalue weighted by Crippen LogP contribution is 2.37. The number of para-hydroxylation sites is 2. The van der Waals surface area contributed by atoms with Gasteiger partial charge in [-0.15, -0.1) is 0 Å². The Labute approximate surface area is 227 Å². The Morgan fingerprint density at radius 1 is 0.718 bits per heavy atom. The van der Waals surface area contributed by atoms with Gasteiger partial charge in [0.05, 0.1) is 5.69 Å². The molecule has 39 heavy (non-hydrogen) atoms. The summed E-state index contributed by atoms with van der Waals surface area (Å²) in [4.78, 5) is 19.4. The lowest BCUT2D eigenvalue weighted by molar-refractivity contribution is 1.05. The van der Waals surface area contributed by atoms with E-state index in [0.717, 1.165) is 68.0 Å². The molecule has 0 N–H and O–H groups in total. The summed E-state index contributed by atoms with van der Waals surface area (Å²) in [6.07, 6.45) is 5.20. The summed E-state index contributed by atoms with van der Waals surface area (Å²) in [5.41, 5.74) is 8.86. The number of benzene rings is 3. The Balaban J connectivity index is 1.57. The Morgan fingerprint density at radius 2 is 1.31 bits per heavy atom. The van der Waals surface area contributed by atoms with Crippen LogP contribution in [0.25, 0.3) is 45.3 Å². The summed E-state index contributed by atoms with van der Waals surface area (Å²) < 4.78 is 4.24. The fraction of sp³-hybridized carbons (Fsp3) is 0.0909. The van der Waals surface area contributed by atoms with E-state index in [9.17, 15) is 0 Å². The van der Waals surface area contributed by atoms with Gasteiger partial charge in [0.15, 0.2) is 11.5 Å². The Morgan fingerprint density at radius 3 is 1.92 bits per heavy atom. The molecular weight excluding hydrogens is 480 g/mol. The standard InChI is InChI=1S/C33H28N6/c1-5-18-34-30-24(4)36-31(38(30)25-13-8-6-9-14-25)27-20-23(3)28(21-22(27)2)32-37-29-17-12-19-35-33(29)39(32)26-15-10-7-11-16-26/h5-21H,1H2,2-4H3/b34-18-. The van der Waals surface area contributed by atoms with Gasteiger partial charge in [-0.2, -0.15) is 0 Å². The molecule has 0 unspecified atom stereocenters. The molecule has 0 aliphatic carbocycles. The van der Waals surface area contributed by atoms with Crippen molar-refractivity contribution in [1.82, 2.24) is 24.1 Å². The van der Waals surface area contributed by atoms with Gasteiger partial charge in [-0.1, -0.05) is 49.1 Å². The SMILES string of the molecule is C=C/C=N\c1c(C)nc(-c2cc(C)c(-c3nc4cccnc4n3-c3ccccc3)cc2C)n1-c1ccccc1. The zero-order chi connectivity index (χ0) is 26.9. The van der Waals surface area contributed by atoms with Crippen molar-refractivity contribution in [2.24, 2.45) is 4.99 Å². The fourth-order valence-electron chi connectivity index (χ4n) is 5.01. The Hall–Kier alpha value is -5.10. The molecule has 0 saturated carbocycles. The van der Waals surface area contributed by atoms with E-state index in [1.165, 1.54) is 0 Å². The number of aromatic nitrogens is 5. The molecule has 0 fully saturated rings. The highest BCUT2D eigenvalue weighted by molar-refractivity contribution is 5.83. The molecule has 6 heteroatoms. The summed E-state index contributed by atoms with van der Waals surface area (Å²) >= 11 is 0. The van der Waals surface area contributed by atoms with Crippen LogP contribution in [0.4, 0.5) is 5.82 Å². The van der Waals surface area contributed by atoms with Crippen LogP contribution < -0.4 is 0 Å². The number of imidazole rings is 2. The number of hydrogen-bond acceptors (Lipinski definition) is 4. The zero-order valence-electron chi connectivity index (χ0n) is 22.2. The van der Waals surface area contributed by atoms with Crippen LogP contribution in [0.5, 0.6) is 0 Å². The van der Waals surface area contributed by atoms with E-state index in [2.05, 4.69) is 75.9 Å². The van der Waals surface area contributed by atoms with Gasteiger partial charge in [0.2, 0.25) is 0 Å². The largest absolute Gasteiger partial charge is 0.277 e. The molecule has 0 spiro atoms. The molecule has 6 rings (SSSR count). The van der Waals surface area contributed by atoms with Gasteiger partial charge in [0, 0.05) is 34.9 Å². The van der Waals surface area contributed by atoms with Gasteiger partial charge < -0.3 is 0 Å². The van der Waals surface area contributed by atoms with E-state index in [1.807, 2.05) is 61.7 Å². The number of fused-ring (bicyclic) bond motifs is 1. The van der Waals surface area contributed by atoms with E-state index >= 15 is 0 Å². The van der Waals surface area contributed by atoms with Gasteiger partial charge in [-0.3, -0.25) is 9.13 Å². The van der Waals surface area contributed by atoms with Gasteiger partial charge in [-0.05, 0) is 80.4 Å². The molecule has 6 nitrogen and oxygen atoms in total. The molecule has 190 valence electrons. The first-order valence-electron chi connectivity index (χ1n) is 12.9. The number of aliphatic imine (C=N–C) groups is 1. The number of pyridine rings is 1. The van der Waals surface area contributed by atoms with E-state index in [4.69, 9.17) is 9.97 Å². The van der Waals surface area contributed by atoms with Crippen molar-refractivity contribution in [1.29, 1.82) is 0 Å². The minimum atomic E-state index is 0.786. The van der Waals surface area contributed by atoms with Crippen LogP contribution in [-0.2, 0) is 0 Å². The van der Waals surface area contributed by atoms with Gasteiger partial charge in [0.1, 0.15) is 17.2 Å². The monoisotopic (exact) mass is 508 g/mol. The zero-order valence-corrected chi connectivity index (χ0v) is 22.2. The molecule has 6 aromatic rings. The van der Waals surface area contributed by atoms with Gasteiger partial charge >= 0.3 is 0 Å². The fourth-order valence-corrected chi connectivity index (χ4v) is 5.01. The van der Waals surface area contributed by atoms with E-state index < -0.39 is 0 Å². The molecule has 0 radical (unpaired) electrons. The summed E-state index contributed by atoms with van der Waals surface area (Å²) in [7, 11) is 0. The average molecular weight is 509 g/mol. The normalized spacial score (nSPS) is 11.5. The van der Waals surface area contributed by atoms with E-state index in [-0.39, 0.29) is 0 Å². The maximum atomic E-state index is 5.03. The molecule has 0 aliphatic heterocycles. The van der Waals surface area contributed by atoms with Crippen LogP contribution in [0.15, 0.2) is 109 Å². The minimum absolute atomic E-state index is 0.786. The van der Waals surface area contributed by atoms with Crippen LogP contribution in [0.2, 0.25) is 0 Å². The molecule has 0 atom stereocenters. The lowest BCUT2D eigenvalue weighted by atomic mass is 9.98. The second-order valence-electron chi connectivity index (χ2n) is 9.46. The maximum absolute atomic E-state index is 5.03. The predicted octanol–water partition coefficient (Wildman–Crippen LogP) is 7.75. The highest BCUT2D eigenvalue weighted by atomic mass is 15.2. The third-order valence-electron chi connectivity index (χ3n) is 6.82. The molecule has 0 saturated heterocycles. The van der Waals surface area contributed by atoms with Crippen molar-refractivity contribution in [2.75, 3.05) is 0 Å². The molecule has 3 aromatic carbocycles. The first kappa shape index (κ1) is 24.2. The predicted molar refractivity (Wildman–Crippen MR) is 159 cm³/mol. The second kappa shape index (κ2) is 9.99. The number of aryl methyl sites for hydroxylation is 3. The average Bonchev–Trinajstić information content (AvgIpc) is 3.51. The number of nitrogens with zero attached hydrogens (tertiary/aromatic N) is 6. The summed E-state index contributed by atoms with van der Waals surface area (Å²) in [6.45, 7) is 10.0. The molecular formula is C33H28N6. The first-order chi connectivity index (χ1) is 19.1. The molecule has 0 bridgehead atoms. The quantitative estimate of drug-likeness (QED) is 0.216.